The molecule has 0 spiro atoms. The molecule has 10 heteroatoms. The third kappa shape index (κ3) is 4.01. The molecule has 0 saturated carbocycles. The topological polar surface area (TPSA) is 110 Å². The van der Waals surface area contributed by atoms with Gasteiger partial charge in [0.15, 0.2) is 5.82 Å². The molecule has 0 unspecified atom stereocenters. The van der Waals surface area contributed by atoms with Crippen LogP contribution in [0, 0.1) is 13.8 Å². The number of anilines is 2. The molecule has 34 heavy (non-hydrogen) atoms. The van der Waals surface area contributed by atoms with Crippen molar-refractivity contribution in [1.29, 1.82) is 0 Å². The van der Waals surface area contributed by atoms with Crippen LogP contribution in [0.15, 0.2) is 30.7 Å². The number of imidazole rings is 1. The van der Waals surface area contributed by atoms with Gasteiger partial charge in [-0.15, -0.1) is 0 Å². The van der Waals surface area contributed by atoms with Gasteiger partial charge in [0.1, 0.15) is 5.82 Å². The van der Waals surface area contributed by atoms with Crippen LogP contribution in [0.5, 0.6) is 5.88 Å². The van der Waals surface area contributed by atoms with Crippen LogP contribution in [0.2, 0.25) is 0 Å². The van der Waals surface area contributed by atoms with Gasteiger partial charge in [-0.25, -0.2) is 15.0 Å². The minimum absolute atomic E-state index is 0.303. The minimum Gasteiger partial charge on any atom is -0.478 e. The van der Waals surface area contributed by atoms with Crippen LogP contribution in [0.4, 0.5) is 11.5 Å². The summed E-state index contributed by atoms with van der Waals surface area (Å²) in [6, 6.07) is 4.53. The summed E-state index contributed by atoms with van der Waals surface area (Å²) in [5.41, 5.74) is 3.53. The number of hydrogen-bond donors (Lipinski definition) is 2. The van der Waals surface area contributed by atoms with Gasteiger partial charge in [-0.3, -0.25) is 9.20 Å². The van der Waals surface area contributed by atoms with Crippen molar-refractivity contribution in [2.45, 2.75) is 39.8 Å². The predicted molar refractivity (Wildman–Crippen MR) is 131 cm³/mol. The minimum atomic E-state index is -0.303. The van der Waals surface area contributed by atoms with E-state index in [-0.39, 0.29) is 5.91 Å². The van der Waals surface area contributed by atoms with Crippen molar-refractivity contribution in [3.63, 3.8) is 0 Å². The zero-order chi connectivity index (χ0) is 24.0. The van der Waals surface area contributed by atoms with E-state index in [4.69, 9.17) is 4.74 Å². The molecule has 0 radical (unpaired) electrons. The molecule has 3 aromatic heterocycles. The standard InChI is InChI=1S/C24H28N8O2/c1-13-9-31(10-14(2)26-13)19-7-6-17(21-18(19)8-25-16(4)28-21)23(33)29-20-12-32-11-15(3)27-22(32)24(30-20)34-5/h6-8,11-14,26H,9-10H2,1-5H3,(H,29,33)/t13-,14-/m1/s1. The van der Waals surface area contributed by atoms with Crippen LogP contribution in [0.1, 0.15) is 35.7 Å². The second-order valence-electron chi connectivity index (χ2n) is 8.89. The number of rotatable bonds is 4. The number of benzene rings is 1. The molecular weight excluding hydrogens is 432 g/mol. The zero-order valence-corrected chi connectivity index (χ0v) is 20.0. The summed E-state index contributed by atoms with van der Waals surface area (Å²) in [5.74, 6) is 1.00. The van der Waals surface area contributed by atoms with E-state index in [1.165, 1.54) is 7.11 Å². The molecule has 2 N–H and O–H groups in total. The summed E-state index contributed by atoms with van der Waals surface area (Å²) < 4.78 is 7.17. The average Bonchev–Trinajstić information content (AvgIpc) is 3.16. The second-order valence-corrected chi connectivity index (χ2v) is 8.89. The third-order valence-corrected chi connectivity index (χ3v) is 5.95. The largest absolute Gasteiger partial charge is 0.478 e. The van der Waals surface area contributed by atoms with Gasteiger partial charge in [-0.05, 0) is 39.8 Å². The van der Waals surface area contributed by atoms with Gasteiger partial charge in [0.2, 0.25) is 5.65 Å². The van der Waals surface area contributed by atoms with Crippen LogP contribution >= 0.6 is 0 Å². The average molecular weight is 461 g/mol. The Kier molecular flexibility index (Phi) is 5.52. The number of hydrogen-bond acceptors (Lipinski definition) is 8. The Morgan fingerprint density at radius 1 is 1.12 bits per heavy atom. The van der Waals surface area contributed by atoms with Gasteiger partial charge in [0.05, 0.1) is 30.1 Å². The van der Waals surface area contributed by atoms with E-state index >= 15 is 0 Å². The van der Waals surface area contributed by atoms with E-state index in [0.717, 1.165) is 29.9 Å². The van der Waals surface area contributed by atoms with Gasteiger partial charge in [0.25, 0.3) is 11.8 Å². The Morgan fingerprint density at radius 3 is 2.62 bits per heavy atom. The molecule has 5 rings (SSSR count). The van der Waals surface area contributed by atoms with Crippen LogP contribution in [0.3, 0.4) is 0 Å². The van der Waals surface area contributed by atoms with Crippen molar-refractivity contribution in [2.75, 3.05) is 30.4 Å². The van der Waals surface area contributed by atoms with Crippen LogP contribution < -0.4 is 20.3 Å². The zero-order valence-electron chi connectivity index (χ0n) is 20.0. The fourth-order valence-corrected chi connectivity index (χ4v) is 4.65. The number of fused-ring (bicyclic) bond motifs is 2. The first kappa shape index (κ1) is 22.0. The number of aromatic nitrogens is 5. The molecule has 0 bridgehead atoms. The molecule has 1 amide bonds. The van der Waals surface area contributed by atoms with Crippen molar-refractivity contribution in [1.82, 2.24) is 29.7 Å². The lowest BCUT2D eigenvalue weighted by Crippen LogP contribution is -2.54. The number of nitrogens with one attached hydrogen (secondary N) is 2. The number of nitrogens with zero attached hydrogens (tertiary/aromatic N) is 6. The molecule has 1 aromatic carbocycles. The maximum absolute atomic E-state index is 13.4. The third-order valence-electron chi connectivity index (χ3n) is 5.95. The van der Waals surface area contributed by atoms with Crippen molar-refractivity contribution in [3.8, 4) is 5.88 Å². The van der Waals surface area contributed by atoms with Crippen molar-refractivity contribution in [2.24, 2.45) is 0 Å². The molecule has 1 saturated heterocycles. The molecule has 176 valence electrons. The van der Waals surface area contributed by atoms with Crippen LogP contribution in [-0.2, 0) is 0 Å². The Bertz CT molecular complexity index is 1390. The van der Waals surface area contributed by atoms with Crippen molar-refractivity contribution >= 4 is 34.0 Å². The van der Waals surface area contributed by atoms with Crippen LogP contribution in [-0.4, -0.2) is 62.5 Å². The maximum Gasteiger partial charge on any atom is 0.260 e. The summed E-state index contributed by atoms with van der Waals surface area (Å²) in [6.07, 6.45) is 5.38. The van der Waals surface area contributed by atoms with Gasteiger partial charge in [-0.2, -0.15) is 4.98 Å². The molecular formula is C24H28N8O2. The monoisotopic (exact) mass is 460 g/mol. The second kappa shape index (κ2) is 8.53. The Balaban J connectivity index is 1.53. The van der Waals surface area contributed by atoms with Crippen LogP contribution in [0.25, 0.3) is 16.6 Å². The Morgan fingerprint density at radius 2 is 1.88 bits per heavy atom. The van der Waals surface area contributed by atoms with E-state index in [1.807, 2.05) is 38.4 Å². The van der Waals surface area contributed by atoms with Gasteiger partial charge in [-0.1, -0.05) is 0 Å². The first-order valence-corrected chi connectivity index (χ1v) is 11.3. The van der Waals surface area contributed by atoms with E-state index in [2.05, 4.69) is 49.3 Å². The maximum atomic E-state index is 13.4. The summed E-state index contributed by atoms with van der Waals surface area (Å²) in [7, 11) is 1.53. The fraction of sp³-hybridized carbons (Fsp3) is 0.375. The van der Waals surface area contributed by atoms with E-state index < -0.39 is 0 Å². The molecule has 1 fully saturated rings. The number of amides is 1. The molecule has 0 aliphatic carbocycles. The predicted octanol–water partition coefficient (Wildman–Crippen LogP) is 2.74. The SMILES string of the molecule is COc1nc(NC(=O)c2ccc(N3C[C@@H](C)N[C@H](C)C3)c3cnc(C)nc23)cn2cc(C)nc12. The number of piperazine rings is 1. The van der Waals surface area contributed by atoms with E-state index in [0.29, 0.717) is 46.3 Å². The van der Waals surface area contributed by atoms with Crippen molar-refractivity contribution in [3.05, 3.63) is 47.8 Å². The summed E-state index contributed by atoms with van der Waals surface area (Å²) in [4.78, 5) is 33.6. The first-order valence-electron chi connectivity index (χ1n) is 11.3. The summed E-state index contributed by atoms with van der Waals surface area (Å²) >= 11 is 0. The molecule has 4 aromatic rings. The fourth-order valence-electron chi connectivity index (χ4n) is 4.65. The Hall–Kier alpha value is -3.79. The van der Waals surface area contributed by atoms with Crippen molar-refractivity contribution < 1.29 is 9.53 Å². The highest BCUT2D eigenvalue weighted by molar-refractivity contribution is 6.13. The molecule has 4 heterocycles. The highest BCUT2D eigenvalue weighted by Crippen LogP contribution is 2.30. The van der Waals surface area contributed by atoms with Gasteiger partial charge >= 0.3 is 0 Å². The smallest absolute Gasteiger partial charge is 0.260 e. The molecule has 10 nitrogen and oxygen atoms in total. The molecule has 2 atom stereocenters. The number of carbonyl (C=O) groups is 1. The quantitative estimate of drug-likeness (QED) is 0.478. The number of methoxy groups -OCH3 is 1. The normalized spacial score (nSPS) is 18.4. The first-order chi connectivity index (χ1) is 16.3. The van der Waals surface area contributed by atoms with E-state index in [9.17, 15) is 4.79 Å². The highest BCUT2D eigenvalue weighted by Gasteiger charge is 2.24. The summed E-state index contributed by atoms with van der Waals surface area (Å²) in [6.45, 7) is 9.80. The number of carbonyl (C=O) groups excluding carboxylic acids is 1. The highest BCUT2D eigenvalue weighted by atomic mass is 16.5. The molecule has 1 aliphatic heterocycles. The lowest BCUT2D eigenvalue weighted by molar-refractivity contribution is 0.102. The van der Waals surface area contributed by atoms with Gasteiger partial charge in [0, 0.05) is 48.6 Å². The number of ether oxygens (including phenoxy) is 1. The Labute approximate surface area is 197 Å². The van der Waals surface area contributed by atoms with E-state index in [1.54, 1.807) is 10.6 Å². The lowest BCUT2D eigenvalue weighted by Gasteiger charge is -2.38. The van der Waals surface area contributed by atoms with Gasteiger partial charge < -0.3 is 20.3 Å². The molecule has 1 aliphatic rings. The number of aryl methyl sites for hydroxylation is 2. The lowest BCUT2D eigenvalue weighted by atomic mass is 10.0. The summed E-state index contributed by atoms with van der Waals surface area (Å²) in [5, 5.41) is 7.30.